The summed E-state index contributed by atoms with van der Waals surface area (Å²) in [6.45, 7) is 9.42. The highest BCUT2D eigenvalue weighted by atomic mass is 127. The first kappa shape index (κ1) is 25.2. The highest BCUT2D eigenvalue weighted by molar-refractivity contribution is 14.0. The molecule has 0 spiro atoms. The summed E-state index contributed by atoms with van der Waals surface area (Å²) in [6, 6.07) is 8.73. The first-order chi connectivity index (χ1) is 13.2. The van der Waals surface area contributed by atoms with Gasteiger partial charge in [0.05, 0.1) is 0 Å². The maximum atomic E-state index is 5.65. The fourth-order valence-electron chi connectivity index (χ4n) is 3.67. The fraction of sp³-hybridized carbons (Fsp3) is 0.682. The molecule has 0 radical (unpaired) electrons. The van der Waals surface area contributed by atoms with Crippen LogP contribution in [0, 0.1) is 6.92 Å². The van der Waals surface area contributed by atoms with Crippen molar-refractivity contribution in [2.24, 2.45) is 4.99 Å². The van der Waals surface area contributed by atoms with E-state index in [4.69, 9.17) is 9.47 Å². The predicted octanol–water partition coefficient (Wildman–Crippen LogP) is 4.03. The minimum Gasteiger partial charge on any atom is -0.381 e. The second kappa shape index (κ2) is 14.2. The van der Waals surface area contributed by atoms with Gasteiger partial charge in [0.25, 0.3) is 0 Å². The summed E-state index contributed by atoms with van der Waals surface area (Å²) < 4.78 is 11.3. The number of hydrogen-bond acceptors (Lipinski definition) is 3. The van der Waals surface area contributed by atoms with Crippen LogP contribution in [0.2, 0.25) is 0 Å². The van der Waals surface area contributed by atoms with Gasteiger partial charge in [-0.05, 0) is 43.7 Å². The molecule has 1 heterocycles. The van der Waals surface area contributed by atoms with Crippen LogP contribution in [0.25, 0.3) is 0 Å². The van der Waals surface area contributed by atoms with Crippen LogP contribution in [0.1, 0.15) is 50.2 Å². The van der Waals surface area contributed by atoms with Gasteiger partial charge in [-0.25, -0.2) is 0 Å². The van der Waals surface area contributed by atoms with Crippen molar-refractivity contribution in [3.8, 4) is 0 Å². The average molecular weight is 503 g/mol. The molecule has 1 fully saturated rings. The van der Waals surface area contributed by atoms with E-state index in [1.807, 2.05) is 7.05 Å². The summed E-state index contributed by atoms with van der Waals surface area (Å²) in [7, 11) is 1.83. The van der Waals surface area contributed by atoms with Crippen molar-refractivity contribution in [3.05, 3.63) is 35.4 Å². The predicted molar refractivity (Wildman–Crippen MR) is 128 cm³/mol. The number of unbranched alkanes of at least 4 members (excludes halogenated alkanes) is 1. The van der Waals surface area contributed by atoms with Gasteiger partial charge in [0.2, 0.25) is 0 Å². The SMILES string of the molecule is CCCCOCCCNC(=NC)NCC1(c2ccccc2C)CCOCC1.I. The molecule has 0 bridgehead atoms. The van der Waals surface area contributed by atoms with Gasteiger partial charge in [-0.2, -0.15) is 0 Å². The molecule has 1 saturated heterocycles. The van der Waals surface area contributed by atoms with Gasteiger partial charge in [-0.1, -0.05) is 37.6 Å². The molecule has 0 aromatic heterocycles. The van der Waals surface area contributed by atoms with Crippen molar-refractivity contribution in [1.82, 2.24) is 10.6 Å². The maximum absolute atomic E-state index is 5.65. The number of aryl methyl sites for hydroxylation is 1. The highest BCUT2D eigenvalue weighted by Crippen LogP contribution is 2.36. The van der Waals surface area contributed by atoms with Gasteiger partial charge in [-0.15, -0.1) is 24.0 Å². The van der Waals surface area contributed by atoms with Gasteiger partial charge in [-0.3, -0.25) is 4.99 Å². The molecular formula is C22H38IN3O2. The molecule has 1 aliphatic rings. The largest absolute Gasteiger partial charge is 0.381 e. The zero-order chi connectivity index (χ0) is 19.4. The Morgan fingerprint density at radius 1 is 1.14 bits per heavy atom. The van der Waals surface area contributed by atoms with Crippen molar-refractivity contribution in [2.75, 3.05) is 46.6 Å². The lowest BCUT2D eigenvalue weighted by molar-refractivity contribution is 0.0511. The minimum absolute atomic E-state index is 0. The molecular weight excluding hydrogens is 465 g/mol. The molecule has 0 unspecified atom stereocenters. The van der Waals surface area contributed by atoms with Gasteiger partial charge in [0, 0.05) is 52.0 Å². The van der Waals surface area contributed by atoms with E-state index in [2.05, 4.69) is 53.7 Å². The van der Waals surface area contributed by atoms with Crippen molar-refractivity contribution in [2.45, 2.75) is 51.4 Å². The first-order valence-electron chi connectivity index (χ1n) is 10.4. The van der Waals surface area contributed by atoms with Gasteiger partial charge >= 0.3 is 0 Å². The average Bonchev–Trinajstić information content (AvgIpc) is 2.70. The van der Waals surface area contributed by atoms with Crippen molar-refractivity contribution >= 4 is 29.9 Å². The smallest absolute Gasteiger partial charge is 0.191 e. The Labute approximate surface area is 188 Å². The Bertz CT molecular complexity index is 575. The molecule has 5 nitrogen and oxygen atoms in total. The van der Waals surface area contributed by atoms with Crippen LogP contribution in [-0.4, -0.2) is 52.5 Å². The zero-order valence-corrected chi connectivity index (χ0v) is 20.1. The van der Waals surface area contributed by atoms with Crippen molar-refractivity contribution < 1.29 is 9.47 Å². The lowest BCUT2D eigenvalue weighted by Crippen LogP contribution is -2.48. The second-order valence-electron chi connectivity index (χ2n) is 7.38. The number of halogens is 1. The fourth-order valence-corrected chi connectivity index (χ4v) is 3.67. The molecule has 1 aromatic carbocycles. The molecule has 6 heteroatoms. The van der Waals surface area contributed by atoms with Gasteiger partial charge in [0.1, 0.15) is 0 Å². The zero-order valence-electron chi connectivity index (χ0n) is 17.8. The number of hydrogen-bond donors (Lipinski definition) is 2. The Hall–Kier alpha value is -0.860. The van der Waals surface area contributed by atoms with E-state index < -0.39 is 0 Å². The van der Waals surface area contributed by atoms with Crippen molar-refractivity contribution in [3.63, 3.8) is 0 Å². The van der Waals surface area contributed by atoms with E-state index >= 15 is 0 Å². The summed E-state index contributed by atoms with van der Waals surface area (Å²) in [4.78, 5) is 4.39. The number of guanidine groups is 1. The minimum atomic E-state index is 0. The number of rotatable bonds is 10. The normalized spacial score (nSPS) is 16.3. The summed E-state index contributed by atoms with van der Waals surface area (Å²) in [5.74, 6) is 0.864. The van der Waals surface area contributed by atoms with E-state index in [0.717, 1.165) is 71.2 Å². The van der Waals surface area contributed by atoms with Crippen LogP contribution in [0.5, 0.6) is 0 Å². The molecule has 160 valence electrons. The third-order valence-corrected chi connectivity index (χ3v) is 5.38. The quantitative estimate of drug-likeness (QED) is 0.219. The van der Waals surface area contributed by atoms with Gasteiger partial charge < -0.3 is 20.1 Å². The number of benzene rings is 1. The summed E-state index contributed by atoms with van der Waals surface area (Å²) in [5.41, 5.74) is 2.89. The third kappa shape index (κ3) is 7.87. The second-order valence-corrected chi connectivity index (χ2v) is 7.38. The van der Waals surface area contributed by atoms with E-state index in [9.17, 15) is 0 Å². The molecule has 0 atom stereocenters. The number of nitrogens with one attached hydrogen (secondary N) is 2. The molecule has 0 aliphatic carbocycles. The summed E-state index contributed by atoms with van der Waals surface area (Å²) >= 11 is 0. The van der Waals surface area contributed by atoms with E-state index in [1.165, 1.54) is 17.5 Å². The Balaban J connectivity index is 0.00000392. The van der Waals surface area contributed by atoms with E-state index in [1.54, 1.807) is 0 Å². The summed E-state index contributed by atoms with van der Waals surface area (Å²) in [6.07, 6.45) is 5.38. The Morgan fingerprint density at radius 2 is 1.86 bits per heavy atom. The van der Waals surface area contributed by atoms with Crippen LogP contribution in [-0.2, 0) is 14.9 Å². The van der Waals surface area contributed by atoms with Crippen LogP contribution in [0.3, 0.4) is 0 Å². The molecule has 2 N–H and O–H groups in total. The summed E-state index contributed by atoms with van der Waals surface area (Å²) in [5, 5.41) is 6.97. The third-order valence-electron chi connectivity index (χ3n) is 5.38. The standard InChI is InChI=1S/C22H37N3O2.HI/c1-4-5-14-26-15-8-13-24-21(23-3)25-18-22(11-16-27-17-12-22)20-10-7-6-9-19(20)2;/h6-7,9-10H,4-5,8,11-18H2,1-3H3,(H2,23,24,25);1H. The molecule has 1 aromatic rings. The van der Waals surface area contributed by atoms with Crippen LogP contribution in [0.4, 0.5) is 0 Å². The maximum Gasteiger partial charge on any atom is 0.191 e. The van der Waals surface area contributed by atoms with Gasteiger partial charge in [0.15, 0.2) is 5.96 Å². The lowest BCUT2D eigenvalue weighted by Gasteiger charge is -2.39. The number of nitrogens with zero attached hydrogens (tertiary/aromatic N) is 1. The highest BCUT2D eigenvalue weighted by Gasteiger charge is 2.35. The van der Waals surface area contributed by atoms with E-state index in [0.29, 0.717) is 0 Å². The molecule has 1 aliphatic heterocycles. The molecule has 0 amide bonds. The first-order valence-corrected chi connectivity index (χ1v) is 10.4. The van der Waals surface area contributed by atoms with E-state index in [-0.39, 0.29) is 29.4 Å². The number of aliphatic imine (C=N–C) groups is 1. The lowest BCUT2D eigenvalue weighted by atomic mass is 9.72. The Kier molecular flexibility index (Phi) is 12.7. The molecule has 2 rings (SSSR count). The van der Waals surface area contributed by atoms with Crippen LogP contribution in [0.15, 0.2) is 29.3 Å². The van der Waals surface area contributed by atoms with Crippen molar-refractivity contribution in [1.29, 1.82) is 0 Å². The number of ether oxygens (including phenoxy) is 2. The molecule has 28 heavy (non-hydrogen) atoms. The molecule has 0 saturated carbocycles. The van der Waals surface area contributed by atoms with Crippen LogP contribution >= 0.6 is 24.0 Å². The Morgan fingerprint density at radius 3 is 2.54 bits per heavy atom. The monoisotopic (exact) mass is 503 g/mol. The topological polar surface area (TPSA) is 54.9 Å². The van der Waals surface area contributed by atoms with Crippen LogP contribution < -0.4 is 10.6 Å².